The van der Waals surface area contributed by atoms with Crippen LogP contribution in [-0.4, -0.2) is 19.5 Å². The molecule has 3 aromatic heterocycles. The molecule has 0 saturated heterocycles. The number of aryl methyl sites for hydroxylation is 4. The van der Waals surface area contributed by atoms with Crippen molar-refractivity contribution in [3.8, 4) is 11.5 Å². The van der Waals surface area contributed by atoms with Crippen molar-refractivity contribution in [2.45, 2.75) is 20.8 Å². The Bertz CT molecular complexity index is 771. The Morgan fingerprint density at radius 3 is 2.63 bits per heavy atom. The van der Waals surface area contributed by atoms with E-state index in [1.807, 2.05) is 37.7 Å². The summed E-state index contributed by atoms with van der Waals surface area (Å²) in [6.45, 7) is 6.07. The maximum Gasteiger partial charge on any atom is 0.161 e. The second-order valence-electron chi connectivity index (χ2n) is 4.97. The van der Waals surface area contributed by atoms with Gasteiger partial charge >= 0.3 is 0 Å². The molecule has 0 fully saturated rings. The van der Waals surface area contributed by atoms with Gasteiger partial charge in [0.05, 0.1) is 0 Å². The third-order valence-electron chi connectivity index (χ3n) is 3.29. The molecular formula is C15H16N4. The summed E-state index contributed by atoms with van der Waals surface area (Å²) in [6, 6.07) is 6.15. The first-order chi connectivity index (χ1) is 9.06. The zero-order valence-corrected chi connectivity index (χ0v) is 11.6. The van der Waals surface area contributed by atoms with Crippen molar-refractivity contribution in [2.75, 3.05) is 0 Å². The molecular weight excluding hydrogens is 236 g/mol. The highest BCUT2D eigenvalue weighted by Crippen LogP contribution is 2.24. The van der Waals surface area contributed by atoms with E-state index in [0.717, 1.165) is 39.5 Å². The highest BCUT2D eigenvalue weighted by Gasteiger charge is 2.14. The predicted molar refractivity (Wildman–Crippen MR) is 76.0 cm³/mol. The van der Waals surface area contributed by atoms with E-state index in [-0.39, 0.29) is 0 Å². The largest absolute Gasteiger partial charge is 0.311 e. The Hall–Kier alpha value is -2.23. The van der Waals surface area contributed by atoms with Crippen LogP contribution in [0.15, 0.2) is 24.4 Å². The van der Waals surface area contributed by atoms with Gasteiger partial charge in [0.15, 0.2) is 11.5 Å². The zero-order chi connectivity index (χ0) is 13.6. The topological polar surface area (TPSA) is 43.6 Å². The van der Waals surface area contributed by atoms with E-state index in [1.165, 1.54) is 0 Å². The molecule has 3 rings (SSSR count). The molecule has 4 nitrogen and oxygen atoms in total. The van der Waals surface area contributed by atoms with Crippen molar-refractivity contribution in [3.63, 3.8) is 0 Å². The molecule has 0 N–H and O–H groups in total. The number of imidazole rings is 1. The maximum atomic E-state index is 4.68. The Labute approximate surface area is 112 Å². The molecule has 0 unspecified atom stereocenters. The van der Waals surface area contributed by atoms with E-state index in [4.69, 9.17) is 0 Å². The van der Waals surface area contributed by atoms with Gasteiger partial charge in [-0.1, -0.05) is 6.07 Å². The van der Waals surface area contributed by atoms with Gasteiger partial charge in [0.25, 0.3) is 0 Å². The Balaban J connectivity index is 2.30. The molecule has 0 bridgehead atoms. The van der Waals surface area contributed by atoms with Crippen LogP contribution in [-0.2, 0) is 7.05 Å². The lowest BCUT2D eigenvalue weighted by Gasteiger charge is -2.05. The van der Waals surface area contributed by atoms with Crippen molar-refractivity contribution in [3.05, 3.63) is 41.2 Å². The summed E-state index contributed by atoms with van der Waals surface area (Å²) < 4.78 is 2.00. The highest BCUT2D eigenvalue weighted by atomic mass is 15.1. The third kappa shape index (κ3) is 1.89. The lowest BCUT2D eigenvalue weighted by Crippen LogP contribution is -1.98. The number of nitrogens with zero attached hydrogens (tertiary/aromatic N) is 4. The molecule has 3 heterocycles. The average Bonchev–Trinajstić information content (AvgIpc) is 2.69. The summed E-state index contributed by atoms with van der Waals surface area (Å²) in [6.07, 6.45) is 1.87. The molecule has 0 saturated carbocycles. The van der Waals surface area contributed by atoms with Crippen LogP contribution in [0.4, 0.5) is 0 Å². The molecule has 96 valence electrons. The Morgan fingerprint density at radius 2 is 1.84 bits per heavy atom. The number of pyridine rings is 2. The van der Waals surface area contributed by atoms with Gasteiger partial charge in [0, 0.05) is 18.9 Å². The Kier molecular flexibility index (Phi) is 2.59. The Morgan fingerprint density at radius 1 is 1.05 bits per heavy atom. The summed E-state index contributed by atoms with van der Waals surface area (Å²) in [5.41, 5.74) is 5.98. The fourth-order valence-electron chi connectivity index (χ4n) is 2.24. The normalized spacial score (nSPS) is 11.2. The maximum absolute atomic E-state index is 4.68. The number of hydrogen-bond acceptors (Lipinski definition) is 3. The molecule has 0 atom stereocenters. The van der Waals surface area contributed by atoms with Gasteiger partial charge < -0.3 is 4.57 Å². The van der Waals surface area contributed by atoms with Crippen LogP contribution in [0.25, 0.3) is 22.7 Å². The smallest absolute Gasteiger partial charge is 0.161 e. The van der Waals surface area contributed by atoms with Crippen molar-refractivity contribution in [2.24, 2.45) is 7.05 Å². The second kappa shape index (κ2) is 4.16. The van der Waals surface area contributed by atoms with Crippen LogP contribution in [0.2, 0.25) is 0 Å². The van der Waals surface area contributed by atoms with Gasteiger partial charge in [-0.2, -0.15) is 0 Å². The van der Waals surface area contributed by atoms with Gasteiger partial charge in [-0.3, -0.25) is 0 Å². The first-order valence-electron chi connectivity index (χ1n) is 6.30. The summed E-state index contributed by atoms with van der Waals surface area (Å²) in [4.78, 5) is 13.7. The molecule has 0 aliphatic heterocycles. The van der Waals surface area contributed by atoms with Crippen molar-refractivity contribution < 1.29 is 0 Å². The lowest BCUT2D eigenvalue weighted by molar-refractivity contribution is 0.928. The SMILES string of the molecule is Cc1cnc2c(c1)nc(-c1nc(C)ccc1C)n2C. The molecule has 0 aromatic carbocycles. The molecule has 0 aliphatic rings. The van der Waals surface area contributed by atoms with Crippen LogP contribution >= 0.6 is 0 Å². The van der Waals surface area contributed by atoms with Gasteiger partial charge in [-0.05, 0) is 44.0 Å². The van der Waals surface area contributed by atoms with Gasteiger partial charge in [-0.25, -0.2) is 15.0 Å². The molecule has 0 spiro atoms. The molecule has 0 radical (unpaired) electrons. The van der Waals surface area contributed by atoms with Gasteiger partial charge in [-0.15, -0.1) is 0 Å². The number of hydrogen-bond donors (Lipinski definition) is 0. The van der Waals surface area contributed by atoms with Crippen molar-refractivity contribution >= 4 is 11.2 Å². The number of rotatable bonds is 1. The fourth-order valence-corrected chi connectivity index (χ4v) is 2.24. The minimum atomic E-state index is 0.870. The first kappa shape index (κ1) is 11.8. The lowest BCUT2D eigenvalue weighted by atomic mass is 10.2. The van der Waals surface area contributed by atoms with Gasteiger partial charge in [0.2, 0.25) is 0 Å². The van der Waals surface area contributed by atoms with Crippen LogP contribution < -0.4 is 0 Å². The van der Waals surface area contributed by atoms with Gasteiger partial charge in [0.1, 0.15) is 11.2 Å². The first-order valence-corrected chi connectivity index (χ1v) is 6.30. The average molecular weight is 252 g/mol. The summed E-state index contributed by atoms with van der Waals surface area (Å²) >= 11 is 0. The zero-order valence-electron chi connectivity index (χ0n) is 11.6. The highest BCUT2D eigenvalue weighted by molar-refractivity contribution is 5.77. The van der Waals surface area contributed by atoms with Crippen molar-refractivity contribution in [1.29, 1.82) is 0 Å². The monoisotopic (exact) mass is 252 g/mol. The predicted octanol–water partition coefficient (Wildman–Crippen LogP) is 2.96. The van der Waals surface area contributed by atoms with Crippen LogP contribution in [0.1, 0.15) is 16.8 Å². The molecule has 4 heteroatoms. The van der Waals surface area contributed by atoms with Crippen LogP contribution in [0.5, 0.6) is 0 Å². The summed E-state index contributed by atoms with van der Waals surface area (Å²) in [5, 5.41) is 0. The third-order valence-corrected chi connectivity index (χ3v) is 3.29. The molecule has 3 aromatic rings. The fraction of sp³-hybridized carbons (Fsp3) is 0.267. The van der Waals surface area contributed by atoms with Crippen molar-refractivity contribution in [1.82, 2.24) is 19.5 Å². The quantitative estimate of drug-likeness (QED) is 0.668. The summed E-state index contributed by atoms with van der Waals surface area (Å²) in [7, 11) is 1.98. The van der Waals surface area contributed by atoms with E-state index in [2.05, 4.69) is 34.0 Å². The van der Waals surface area contributed by atoms with Crippen LogP contribution in [0, 0.1) is 20.8 Å². The number of fused-ring (bicyclic) bond motifs is 1. The summed E-state index contributed by atoms with van der Waals surface area (Å²) in [5.74, 6) is 0.870. The second-order valence-corrected chi connectivity index (χ2v) is 4.97. The van der Waals surface area contributed by atoms with E-state index in [0.29, 0.717) is 0 Å². The van der Waals surface area contributed by atoms with E-state index >= 15 is 0 Å². The molecule has 19 heavy (non-hydrogen) atoms. The van der Waals surface area contributed by atoms with E-state index in [9.17, 15) is 0 Å². The van der Waals surface area contributed by atoms with Crippen LogP contribution in [0.3, 0.4) is 0 Å². The molecule has 0 amide bonds. The standard InChI is InChI=1S/C15H16N4/c1-9-7-12-14(16-8-9)19(4)15(18-12)13-10(2)5-6-11(3)17-13/h5-8H,1-4H3. The van der Waals surface area contributed by atoms with E-state index < -0.39 is 0 Å². The van der Waals surface area contributed by atoms with E-state index in [1.54, 1.807) is 0 Å². The number of aromatic nitrogens is 4. The molecule has 0 aliphatic carbocycles. The minimum Gasteiger partial charge on any atom is -0.311 e. The minimum absolute atomic E-state index is 0.870.